The molecule has 3 N–H and O–H groups in total. The normalized spacial score (nSPS) is 30.7. The molecule has 2 fully saturated rings. The molecule has 0 bridgehead atoms. The van der Waals surface area contributed by atoms with E-state index in [1.807, 2.05) is 0 Å². The Morgan fingerprint density at radius 2 is 2.00 bits per heavy atom. The van der Waals surface area contributed by atoms with Crippen LogP contribution in [-0.2, 0) is 4.79 Å². The number of carbonyl (C=O) groups excluding carboxylic acids is 1. The highest BCUT2D eigenvalue weighted by molar-refractivity contribution is 5.74. The Kier molecular flexibility index (Phi) is 2.77. The standard InChI is InChI=1S/C11H20N2O/c12-10(14)8-9-11(6-7-13-9)4-2-1-3-5-11/h9,13H,1-8H2,(H2,12,14). The second kappa shape index (κ2) is 3.89. The lowest BCUT2D eigenvalue weighted by Gasteiger charge is -2.38. The molecule has 1 saturated heterocycles. The molecule has 0 aromatic carbocycles. The minimum absolute atomic E-state index is 0.158. The molecule has 1 aliphatic heterocycles. The van der Waals surface area contributed by atoms with Crippen LogP contribution in [0.2, 0.25) is 0 Å². The summed E-state index contributed by atoms with van der Waals surface area (Å²) < 4.78 is 0. The zero-order chi connectivity index (χ0) is 10.0. The van der Waals surface area contributed by atoms with Gasteiger partial charge in [-0.2, -0.15) is 0 Å². The Bertz CT molecular complexity index is 221. The molecule has 1 atom stereocenters. The van der Waals surface area contributed by atoms with Gasteiger partial charge in [-0.25, -0.2) is 0 Å². The molecule has 1 spiro atoms. The molecule has 1 saturated carbocycles. The van der Waals surface area contributed by atoms with Crippen molar-refractivity contribution < 1.29 is 4.79 Å². The molecule has 0 radical (unpaired) electrons. The van der Waals surface area contributed by atoms with Crippen LogP contribution in [0.15, 0.2) is 0 Å². The van der Waals surface area contributed by atoms with Crippen molar-refractivity contribution in [3.8, 4) is 0 Å². The van der Waals surface area contributed by atoms with Crippen LogP contribution in [-0.4, -0.2) is 18.5 Å². The summed E-state index contributed by atoms with van der Waals surface area (Å²) in [5.41, 5.74) is 5.69. The van der Waals surface area contributed by atoms with Crippen molar-refractivity contribution in [3.63, 3.8) is 0 Å². The van der Waals surface area contributed by atoms with E-state index < -0.39 is 0 Å². The zero-order valence-electron chi connectivity index (χ0n) is 8.72. The molecule has 1 unspecified atom stereocenters. The van der Waals surface area contributed by atoms with E-state index in [1.165, 1.54) is 38.5 Å². The van der Waals surface area contributed by atoms with Gasteiger partial charge in [0.2, 0.25) is 5.91 Å². The van der Waals surface area contributed by atoms with Crippen molar-refractivity contribution in [2.45, 2.75) is 51.0 Å². The Morgan fingerprint density at radius 1 is 1.29 bits per heavy atom. The third kappa shape index (κ3) is 1.78. The maximum Gasteiger partial charge on any atom is 0.219 e. The zero-order valence-corrected chi connectivity index (χ0v) is 8.72. The van der Waals surface area contributed by atoms with Gasteiger partial charge in [0, 0.05) is 12.5 Å². The van der Waals surface area contributed by atoms with Gasteiger partial charge in [0.25, 0.3) is 0 Å². The van der Waals surface area contributed by atoms with Crippen molar-refractivity contribution in [1.82, 2.24) is 5.32 Å². The van der Waals surface area contributed by atoms with Gasteiger partial charge in [-0.15, -0.1) is 0 Å². The van der Waals surface area contributed by atoms with Crippen LogP contribution in [0.4, 0.5) is 0 Å². The Morgan fingerprint density at radius 3 is 2.64 bits per heavy atom. The summed E-state index contributed by atoms with van der Waals surface area (Å²) in [4.78, 5) is 11.0. The molecular formula is C11H20N2O. The summed E-state index contributed by atoms with van der Waals surface area (Å²) in [6, 6.07) is 0.361. The number of amides is 1. The number of hydrogen-bond acceptors (Lipinski definition) is 2. The molecule has 1 amide bonds. The highest BCUT2D eigenvalue weighted by atomic mass is 16.1. The first kappa shape index (κ1) is 9.97. The minimum Gasteiger partial charge on any atom is -0.370 e. The first-order valence-electron chi connectivity index (χ1n) is 5.75. The van der Waals surface area contributed by atoms with Gasteiger partial charge in [0.1, 0.15) is 0 Å². The van der Waals surface area contributed by atoms with Gasteiger partial charge < -0.3 is 11.1 Å². The number of carbonyl (C=O) groups is 1. The summed E-state index contributed by atoms with van der Waals surface area (Å²) >= 11 is 0. The predicted molar refractivity (Wildman–Crippen MR) is 55.7 cm³/mol. The van der Waals surface area contributed by atoms with Gasteiger partial charge in [-0.3, -0.25) is 4.79 Å². The van der Waals surface area contributed by atoms with Crippen LogP contribution in [0, 0.1) is 5.41 Å². The van der Waals surface area contributed by atoms with Crippen LogP contribution >= 0.6 is 0 Å². The summed E-state index contributed by atoms with van der Waals surface area (Å²) in [6.45, 7) is 1.07. The van der Waals surface area contributed by atoms with Crippen LogP contribution in [0.5, 0.6) is 0 Å². The van der Waals surface area contributed by atoms with E-state index in [-0.39, 0.29) is 5.91 Å². The lowest BCUT2D eigenvalue weighted by molar-refractivity contribution is -0.119. The first-order valence-corrected chi connectivity index (χ1v) is 5.75. The van der Waals surface area contributed by atoms with Crippen LogP contribution < -0.4 is 11.1 Å². The second-order valence-corrected chi connectivity index (χ2v) is 4.85. The van der Waals surface area contributed by atoms with Gasteiger partial charge in [0.05, 0.1) is 0 Å². The summed E-state index contributed by atoms with van der Waals surface area (Å²) in [6.07, 6.45) is 8.37. The second-order valence-electron chi connectivity index (χ2n) is 4.85. The lowest BCUT2D eigenvalue weighted by atomic mass is 9.68. The van der Waals surface area contributed by atoms with Crippen LogP contribution in [0.25, 0.3) is 0 Å². The van der Waals surface area contributed by atoms with E-state index in [0.29, 0.717) is 17.9 Å². The number of nitrogens with two attached hydrogens (primary N) is 1. The van der Waals surface area contributed by atoms with Gasteiger partial charge in [-0.1, -0.05) is 19.3 Å². The quantitative estimate of drug-likeness (QED) is 0.696. The van der Waals surface area contributed by atoms with E-state index in [4.69, 9.17) is 5.73 Å². The fourth-order valence-corrected chi connectivity index (χ4v) is 3.23. The molecule has 1 aliphatic carbocycles. The van der Waals surface area contributed by atoms with Crippen LogP contribution in [0.1, 0.15) is 44.9 Å². The summed E-state index contributed by atoms with van der Waals surface area (Å²) in [7, 11) is 0. The van der Waals surface area contributed by atoms with E-state index in [9.17, 15) is 4.79 Å². The van der Waals surface area contributed by atoms with Crippen molar-refractivity contribution >= 4 is 5.91 Å². The van der Waals surface area contributed by atoms with Gasteiger partial charge in [-0.05, 0) is 31.2 Å². The van der Waals surface area contributed by atoms with Crippen molar-refractivity contribution in [2.24, 2.45) is 11.1 Å². The van der Waals surface area contributed by atoms with Crippen molar-refractivity contribution in [3.05, 3.63) is 0 Å². The lowest BCUT2D eigenvalue weighted by Crippen LogP contribution is -2.41. The molecule has 0 aromatic rings. The van der Waals surface area contributed by atoms with E-state index >= 15 is 0 Å². The fourth-order valence-electron chi connectivity index (χ4n) is 3.23. The molecule has 0 aromatic heterocycles. The number of nitrogens with one attached hydrogen (secondary N) is 1. The molecule has 80 valence electrons. The molecule has 3 heteroatoms. The summed E-state index contributed by atoms with van der Waals surface area (Å²) in [5, 5.41) is 3.45. The maximum atomic E-state index is 11.0. The van der Waals surface area contributed by atoms with E-state index in [1.54, 1.807) is 0 Å². The highest BCUT2D eigenvalue weighted by Crippen LogP contribution is 2.45. The highest BCUT2D eigenvalue weighted by Gasteiger charge is 2.43. The van der Waals surface area contributed by atoms with Crippen molar-refractivity contribution in [2.75, 3.05) is 6.54 Å². The monoisotopic (exact) mass is 196 g/mol. The minimum atomic E-state index is -0.158. The fraction of sp³-hybridized carbons (Fsp3) is 0.909. The SMILES string of the molecule is NC(=O)CC1NCCC12CCCCC2. The van der Waals surface area contributed by atoms with Gasteiger partial charge >= 0.3 is 0 Å². The number of hydrogen-bond donors (Lipinski definition) is 2. The molecule has 2 rings (SSSR count). The van der Waals surface area contributed by atoms with Gasteiger partial charge in [0.15, 0.2) is 0 Å². The predicted octanol–water partition coefficient (Wildman–Crippen LogP) is 1.17. The Hall–Kier alpha value is -0.570. The first-order chi connectivity index (χ1) is 6.73. The topological polar surface area (TPSA) is 55.1 Å². The molecular weight excluding hydrogens is 176 g/mol. The average molecular weight is 196 g/mol. The van der Waals surface area contributed by atoms with E-state index in [2.05, 4.69) is 5.32 Å². The average Bonchev–Trinajstić information content (AvgIpc) is 2.50. The Labute approximate surface area is 85.4 Å². The Balaban J connectivity index is 2.03. The molecule has 14 heavy (non-hydrogen) atoms. The van der Waals surface area contributed by atoms with E-state index in [0.717, 1.165) is 6.54 Å². The smallest absolute Gasteiger partial charge is 0.219 e. The van der Waals surface area contributed by atoms with Crippen molar-refractivity contribution in [1.29, 1.82) is 0 Å². The maximum absolute atomic E-state index is 11.0. The third-order valence-electron chi connectivity index (χ3n) is 4.01. The largest absolute Gasteiger partial charge is 0.370 e. The number of primary amides is 1. The summed E-state index contributed by atoms with van der Waals surface area (Å²) in [5.74, 6) is -0.158. The third-order valence-corrected chi connectivity index (χ3v) is 4.01. The molecule has 1 heterocycles. The molecule has 2 aliphatic rings. The molecule has 3 nitrogen and oxygen atoms in total. The van der Waals surface area contributed by atoms with Crippen LogP contribution in [0.3, 0.4) is 0 Å². The number of rotatable bonds is 2.